The van der Waals surface area contributed by atoms with Crippen molar-refractivity contribution >= 4 is 22.7 Å². The average molecular weight is 441 g/mol. The summed E-state index contributed by atoms with van der Waals surface area (Å²) >= 11 is 0. The normalized spacial score (nSPS) is 16.3. The van der Waals surface area contributed by atoms with E-state index >= 15 is 0 Å². The molecule has 9 nitrogen and oxygen atoms in total. The fourth-order valence-corrected chi connectivity index (χ4v) is 4.48. The van der Waals surface area contributed by atoms with Crippen LogP contribution in [-0.2, 0) is 0 Å². The summed E-state index contributed by atoms with van der Waals surface area (Å²) in [7, 11) is 0. The number of pyridine rings is 1. The third kappa shape index (κ3) is 3.76. The SMILES string of the molecule is Cc1cc(Nc2ncnn3ccc(C4CCCNC4)c23)ccc1Oc1ccn2ncnc2c1. The van der Waals surface area contributed by atoms with Crippen LogP contribution in [0.3, 0.4) is 0 Å². The highest BCUT2D eigenvalue weighted by Gasteiger charge is 2.21. The van der Waals surface area contributed by atoms with Gasteiger partial charge in [0.15, 0.2) is 11.5 Å². The van der Waals surface area contributed by atoms with Crippen molar-refractivity contribution in [3.05, 3.63) is 72.6 Å². The molecule has 4 aromatic heterocycles. The third-order valence-corrected chi connectivity index (χ3v) is 6.14. The van der Waals surface area contributed by atoms with Crippen LogP contribution in [0.2, 0.25) is 0 Å². The molecule has 0 amide bonds. The minimum atomic E-state index is 0.468. The first kappa shape index (κ1) is 19.7. The summed E-state index contributed by atoms with van der Waals surface area (Å²) < 4.78 is 9.71. The van der Waals surface area contributed by atoms with E-state index in [0.29, 0.717) is 5.92 Å². The molecule has 0 aliphatic carbocycles. The molecule has 1 unspecified atom stereocenters. The Labute approximate surface area is 190 Å². The molecular formula is C24H24N8O. The van der Waals surface area contributed by atoms with Crippen LogP contribution < -0.4 is 15.4 Å². The topological polar surface area (TPSA) is 93.7 Å². The zero-order valence-electron chi connectivity index (χ0n) is 18.3. The zero-order valence-corrected chi connectivity index (χ0v) is 18.3. The molecule has 5 aromatic rings. The fourth-order valence-electron chi connectivity index (χ4n) is 4.48. The first-order chi connectivity index (χ1) is 16.2. The monoisotopic (exact) mass is 440 g/mol. The molecule has 9 heteroatoms. The van der Waals surface area contributed by atoms with Crippen molar-refractivity contribution in [2.75, 3.05) is 18.4 Å². The van der Waals surface area contributed by atoms with Gasteiger partial charge < -0.3 is 15.4 Å². The number of aromatic nitrogens is 6. The maximum absolute atomic E-state index is 6.10. The van der Waals surface area contributed by atoms with Crippen molar-refractivity contribution in [3.63, 3.8) is 0 Å². The van der Waals surface area contributed by atoms with Crippen molar-refractivity contribution in [3.8, 4) is 11.5 Å². The molecule has 1 saturated heterocycles. The van der Waals surface area contributed by atoms with Crippen molar-refractivity contribution in [1.82, 2.24) is 34.5 Å². The van der Waals surface area contributed by atoms with E-state index < -0.39 is 0 Å². The maximum atomic E-state index is 6.10. The number of hydrogen-bond acceptors (Lipinski definition) is 7. The second-order valence-electron chi connectivity index (χ2n) is 8.35. The third-order valence-electron chi connectivity index (χ3n) is 6.14. The van der Waals surface area contributed by atoms with Crippen LogP contribution in [0.25, 0.3) is 11.2 Å². The highest BCUT2D eigenvalue weighted by molar-refractivity contribution is 5.77. The molecular weight excluding hydrogens is 416 g/mol. The molecule has 5 heterocycles. The number of nitrogens with one attached hydrogen (secondary N) is 2. The number of anilines is 2. The Morgan fingerprint density at radius 3 is 2.79 bits per heavy atom. The van der Waals surface area contributed by atoms with E-state index in [1.165, 1.54) is 24.7 Å². The number of nitrogens with zero attached hydrogens (tertiary/aromatic N) is 6. The minimum Gasteiger partial charge on any atom is -0.457 e. The Kier molecular flexibility index (Phi) is 4.88. The van der Waals surface area contributed by atoms with Gasteiger partial charge in [-0.05, 0) is 73.7 Å². The van der Waals surface area contributed by atoms with Crippen LogP contribution in [0.15, 0.2) is 61.4 Å². The van der Waals surface area contributed by atoms with Gasteiger partial charge in [-0.3, -0.25) is 0 Å². The average Bonchev–Trinajstić information content (AvgIpc) is 3.49. The highest BCUT2D eigenvalue weighted by atomic mass is 16.5. The van der Waals surface area contributed by atoms with Crippen LogP contribution in [0, 0.1) is 6.92 Å². The second kappa shape index (κ2) is 8.18. The van der Waals surface area contributed by atoms with Gasteiger partial charge in [-0.25, -0.2) is 19.0 Å². The molecule has 1 fully saturated rings. The highest BCUT2D eigenvalue weighted by Crippen LogP contribution is 2.33. The lowest BCUT2D eigenvalue weighted by Gasteiger charge is -2.23. The summed E-state index contributed by atoms with van der Waals surface area (Å²) in [6.45, 7) is 4.10. The first-order valence-corrected chi connectivity index (χ1v) is 11.1. The number of fused-ring (bicyclic) bond motifs is 2. The van der Waals surface area contributed by atoms with Gasteiger partial charge in [0.05, 0.1) is 0 Å². The Balaban J connectivity index is 1.27. The summed E-state index contributed by atoms with van der Waals surface area (Å²) in [4.78, 5) is 8.77. The quantitative estimate of drug-likeness (QED) is 0.425. The number of ether oxygens (including phenoxy) is 1. The van der Waals surface area contributed by atoms with Gasteiger partial charge in [-0.15, -0.1) is 0 Å². The van der Waals surface area contributed by atoms with Crippen LogP contribution in [-0.4, -0.2) is 42.3 Å². The van der Waals surface area contributed by atoms with Crippen molar-refractivity contribution in [1.29, 1.82) is 0 Å². The van der Waals surface area contributed by atoms with Gasteiger partial charge >= 0.3 is 0 Å². The Morgan fingerprint density at radius 2 is 1.91 bits per heavy atom. The van der Waals surface area contributed by atoms with E-state index in [2.05, 4.69) is 42.9 Å². The predicted octanol–water partition coefficient (Wildman–Crippen LogP) is 4.08. The van der Waals surface area contributed by atoms with Gasteiger partial charge in [0.25, 0.3) is 0 Å². The molecule has 1 aliphatic rings. The summed E-state index contributed by atoms with van der Waals surface area (Å²) in [5.41, 5.74) is 5.02. The van der Waals surface area contributed by atoms with E-state index in [4.69, 9.17) is 4.74 Å². The molecule has 6 rings (SSSR count). The molecule has 0 saturated carbocycles. The summed E-state index contributed by atoms with van der Waals surface area (Å²) in [5.74, 6) is 2.78. The van der Waals surface area contributed by atoms with Crippen LogP contribution in [0.1, 0.15) is 29.9 Å². The smallest absolute Gasteiger partial charge is 0.158 e. The van der Waals surface area contributed by atoms with E-state index in [-0.39, 0.29) is 0 Å². The lowest BCUT2D eigenvalue weighted by Crippen LogP contribution is -2.28. The molecule has 1 atom stereocenters. The molecule has 2 N–H and O–H groups in total. The molecule has 0 bridgehead atoms. The maximum Gasteiger partial charge on any atom is 0.158 e. The van der Waals surface area contributed by atoms with Crippen molar-refractivity contribution in [2.45, 2.75) is 25.7 Å². The number of benzene rings is 1. The van der Waals surface area contributed by atoms with Gasteiger partial charge in [0.2, 0.25) is 0 Å². The van der Waals surface area contributed by atoms with Gasteiger partial charge in [0, 0.05) is 30.7 Å². The number of piperidine rings is 1. The minimum absolute atomic E-state index is 0.468. The summed E-state index contributed by atoms with van der Waals surface area (Å²) in [6.07, 6.45) is 9.32. The van der Waals surface area contributed by atoms with Gasteiger partial charge in [-0.1, -0.05) is 0 Å². The van der Waals surface area contributed by atoms with E-state index in [1.54, 1.807) is 10.8 Å². The van der Waals surface area contributed by atoms with Gasteiger partial charge in [-0.2, -0.15) is 10.2 Å². The largest absolute Gasteiger partial charge is 0.457 e. The number of hydrogen-bond donors (Lipinski definition) is 2. The van der Waals surface area contributed by atoms with Crippen LogP contribution in [0.4, 0.5) is 11.5 Å². The molecule has 1 aromatic carbocycles. The van der Waals surface area contributed by atoms with Crippen molar-refractivity contribution < 1.29 is 4.74 Å². The lowest BCUT2D eigenvalue weighted by atomic mass is 9.92. The summed E-state index contributed by atoms with van der Waals surface area (Å²) in [5, 5.41) is 15.5. The van der Waals surface area contributed by atoms with E-state index in [0.717, 1.165) is 52.8 Å². The molecule has 166 valence electrons. The van der Waals surface area contributed by atoms with Gasteiger partial charge in [0.1, 0.15) is 29.7 Å². The predicted molar refractivity (Wildman–Crippen MR) is 125 cm³/mol. The Hall–Kier alpha value is -3.98. The van der Waals surface area contributed by atoms with Crippen LogP contribution >= 0.6 is 0 Å². The molecule has 0 radical (unpaired) electrons. The summed E-state index contributed by atoms with van der Waals surface area (Å²) in [6, 6.07) is 11.9. The molecule has 1 aliphatic heterocycles. The van der Waals surface area contributed by atoms with E-state index in [9.17, 15) is 0 Å². The Bertz CT molecular complexity index is 1430. The number of rotatable bonds is 5. The molecule has 0 spiro atoms. The lowest BCUT2D eigenvalue weighted by molar-refractivity contribution is 0.463. The standard InChI is InChI=1S/C24H24N8O/c1-16-11-18(4-5-21(16)33-19-6-9-31-22(12-19)26-14-28-31)30-24-23-20(17-3-2-8-25-13-17)7-10-32(23)29-15-27-24/h4-7,9-12,14-15,17,25H,2-3,8,13H2,1H3,(H,27,29,30). The van der Waals surface area contributed by atoms with Crippen molar-refractivity contribution in [2.24, 2.45) is 0 Å². The van der Waals surface area contributed by atoms with E-state index in [1.807, 2.05) is 48.1 Å². The second-order valence-corrected chi connectivity index (χ2v) is 8.35. The molecule has 33 heavy (non-hydrogen) atoms. The fraction of sp³-hybridized carbons (Fsp3) is 0.250. The Morgan fingerprint density at radius 1 is 1.03 bits per heavy atom. The van der Waals surface area contributed by atoms with Crippen LogP contribution in [0.5, 0.6) is 11.5 Å². The first-order valence-electron chi connectivity index (χ1n) is 11.1. The number of aryl methyl sites for hydroxylation is 1. The zero-order chi connectivity index (χ0) is 22.2.